The van der Waals surface area contributed by atoms with Gasteiger partial charge in [0.2, 0.25) is 5.76 Å². The zero-order valence-corrected chi connectivity index (χ0v) is 11.1. The van der Waals surface area contributed by atoms with E-state index in [9.17, 15) is 9.59 Å². The number of nitrogens with zero attached hydrogens (tertiary/aromatic N) is 2. The number of rotatable bonds is 5. The van der Waals surface area contributed by atoms with E-state index in [4.69, 9.17) is 4.42 Å². The molecule has 1 aromatic heterocycles. The van der Waals surface area contributed by atoms with Crippen LogP contribution in [0, 0.1) is 13.8 Å². The van der Waals surface area contributed by atoms with E-state index in [0.29, 0.717) is 24.7 Å². The summed E-state index contributed by atoms with van der Waals surface area (Å²) in [7, 11) is 1.32. The van der Waals surface area contributed by atoms with Crippen LogP contribution in [-0.2, 0) is 9.53 Å². The quantitative estimate of drug-likeness (QED) is 0.741. The molecule has 0 atom stereocenters. The number of methoxy groups -OCH3 is 1. The van der Waals surface area contributed by atoms with Crippen LogP contribution in [-0.4, -0.2) is 42.0 Å². The van der Waals surface area contributed by atoms with Crippen LogP contribution in [0.15, 0.2) is 4.42 Å². The van der Waals surface area contributed by atoms with Crippen molar-refractivity contribution in [3.8, 4) is 0 Å². The lowest BCUT2D eigenvalue weighted by atomic mass is 10.3. The summed E-state index contributed by atoms with van der Waals surface area (Å²) in [6.45, 7) is 6.05. The fraction of sp³-hybridized carbons (Fsp3) is 0.583. The van der Waals surface area contributed by atoms with Gasteiger partial charge in [-0.05, 0) is 13.8 Å². The minimum Gasteiger partial charge on any atom is -0.469 e. The summed E-state index contributed by atoms with van der Waals surface area (Å²) in [5.74, 6) is 0.102. The van der Waals surface area contributed by atoms with E-state index in [1.54, 1.807) is 13.8 Å². The van der Waals surface area contributed by atoms with Gasteiger partial charge in [-0.3, -0.25) is 9.59 Å². The molecule has 0 aliphatic rings. The normalized spacial score (nSPS) is 10.2. The summed E-state index contributed by atoms with van der Waals surface area (Å²) in [5, 5.41) is 0. The van der Waals surface area contributed by atoms with E-state index in [1.807, 2.05) is 6.92 Å². The Morgan fingerprint density at radius 1 is 1.39 bits per heavy atom. The molecule has 0 aliphatic carbocycles. The maximum absolute atomic E-state index is 12.2. The number of esters is 1. The van der Waals surface area contributed by atoms with Gasteiger partial charge in [-0.25, -0.2) is 4.98 Å². The van der Waals surface area contributed by atoms with Gasteiger partial charge < -0.3 is 14.1 Å². The molecule has 1 amide bonds. The fourth-order valence-electron chi connectivity index (χ4n) is 1.60. The molecule has 0 N–H and O–H groups in total. The average Bonchev–Trinajstić information content (AvgIpc) is 2.68. The van der Waals surface area contributed by atoms with Gasteiger partial charge in [-0.1, -0.05) is 0 Å². The molecule has 18 heavy (non-hydrogen) atoms. The first kappa shape index (κ1) is 14.2. The minimum absolute atomic E-state index is 0.169. The van der Waals surface area contributed by atoms with Crippen LogP contribution in [0.4, 0.5) is 0 Å². The Hall–Kier alpha value is -1.85. The number of hydrogen-bond donors (Lipinski definition) is 0. The molecule has 0 radical (unpaired) electrons. The van der Waals surface area contributed by atoms with Crippen LogP contribution < -0.4 is 0 Å². The highest BCUT2D eigenvalue weighted by Crippen LogP contribution is 2.12. The molecule has 0 fully saturated rings. The maximum Gasteiger partial charge on any atom is 0.307 e. The Labute approximate surface area is 106 Å². The molecular weight excluding hydrogens is 236 g/mol. The molecule has 1 rings (SSSR count). The Kier molecular flexibility index (Phi) is 4.88. The van der Waals surface area contributed by atoms with Crippen molar-refractivity contribution in [3.63, 3.8) is 0 Å². The number of aromatic nitrogens is 1. The highest BCUT2D eigenvalue weighted by atomic mass is 16.5. The van der Waals surface area contributed by atoms with Crippen LogP contribution >= 0.6 is 0 Å². The van der Waals surface area contributed by atoms with E-state index in [0.717, 1.165) is 0 Å². The Balaban J connectivity index is 2.73. The predicted molar refractivity (Wildman–Crippen MR) is 64.2 cm³/mol. The third-order valence-electron chi connectivity index (χ3n) is 2.58. The summed E-state index contributed by atoms with van der Waals surface area (Å²) in [5.41, 5.74) is 0.564. The molecule has 0 spiro atoms. The predicted octanol–water partition coefficient (Wildman–Crippen LogP) is 1.32. The standard InChI is InChI=1S/C12H18N2O4/c1-5-14(7-6-10(15)17-4)12(16)11-8(2)13-9(3)18-11/h5-7H2,1-4H3. The summed E-state index contributed by atoms with van der Waals surface area (Å²) < 4.78 is 9.82. The maximum atomic E-state index is 12.2. The minimum atomic E-state index is -0.341. The van der Waals surface area contributed by atoms with Crippen LogP contribution in [0.2, 0.25) is 0 Å². The molecule has 1 aromatic rings. The van der Waals surface area contributed by atoms with E-state index < -0.39 is 0 Å². The van der Waals surface area contributed by atoms with E-state index >= 15 is 0 Å². The fourth-order valence-corrected chi connectivity index (χ4v) is 1.60. The molecule has 0 saturated heterocycles. The molecule has 0 bridgehead atoms. The lowest BCUT2D eigenvalue weighted by Crippen LogP contribution is -2.33. The third kappa shape index (κ3) is 3.32. The van der Waals surface area contributed by atoms with E-state index in [1.165, 1.54) is 12.0 Å². The molecule has 100 valence electrons. The zero-order valence-electron chi connectivity index (χ0n) is 11.1. The van der Waals surface area contributed by atoms with Gasteiger partial charge in [0, 0.05) is 20.0 Å². The summed E-state index contributed by atoms with van der Waals surface area (Å²) in [4.78, 5) is 28.8. The van der Waals surface area contributed by atoms with Crippen molar-refractivity contribution in [2.24, 2.45) is 0 Å². The van der Waals surface area contributed by atoms with Crippen molar-refractivity contribution < 1.29 is 18.7 Å². The molecule has 1 heterocycles. The summed E-state index contributed by atoms with van der Waals surface area (Å²) >= 11 is 0. The lowest BCUT2D eigenvalue weighted by Gasteiger charge is -2.18. The van der Waals surface area contributed by atoms with Crippen LogP contribution in [0.1, 0.15) is 35.5 Å². The van der Waals surface area contributed by atoms with Crippen molar-refractivity contribution in [2.75, 3.05) is 20.2 Å². The third-order valence-corrected chi connectivity index (χ3v) is 2.58. The van der Waals surface area contributed by atoms with Gasteiger partial charge in [-0.2, -0.15) is 0 Å². The van der Waals surface area contributed by atoms with Gasteiger partial charge in [0.15, 0.2) is 5.89 Å². The highest BCUT2D eigenvalue weighted by molar-refractivity contribution is 5.92. The molecule has 6 heteroatoms. The molecule has 0 aromatic carbocycles. The number of amides is 1. The van der Waals surface area contributed by atoms with Gasteiger partial charge in [0.1, 0.15) is 0 Å². The first-order chi connectivity index (χ1) is 8.49. The monoisotopic (exact) mass is 254 g/mol. The Morgan fingerprint density at radius 2 is 2.06 bits per heavy atom. The largest absolute Gasteiger partial charge is 0.469 e. The second-order valence-electron chi connectivity index (χ2n) is 3.86. The molecule has 0 aliphatic heterocycles. The van der Waals surface area contributed by atoms with Crippen molar-refractivity contribution >= 4 is 11.9 Å². The van der Waals surface area contributed by atoms with Crippen molar-refractivity contribution in [2.45, 2.75) is 27.2 Å². The average molecular weight is 254 g/mol. The molecular formula is C12H18N2O4. The first-order valence-electron chi connectivity index (χ1n) is 5.79. The number of carbonyl (C=O) groups is 2. The van der Waals surface area contributed by atoms with Gasteiger partial charge in [-0.15, -0.1) is 0 Å². The van der Waals surface area contributed by atoms with Crippen molar-refractivity contribution in [1.29, 1.82) is 0 Å². The zero-order chi connectivity index (χ0) is 13.7. The highest BCUT2D eigenvalue weighted by Gasteiger charge is 2.22. The second kappa shape index (κ2) is 6.18. The lowest BCUT2D eigenvalue weighted by molar-refractivity contribution is -0.140. The molecule has 6 nitrogen and oxygen atoms in total. The SMILES string of the molecule is CCN(CCC(=O)OC)C(=O)c1oc(C)nc1C. The van der Waals surface area contributed by atoms with Crippen LogP contribution in [0.25, 0.3) is 0 Å². The van der Waals surface area contributed by atoms with Gasteiger partial charge in [0.05, 0.1) is 19.2 Å². The van der Waals surface area contributed by atoms with Crippen LogP contribution in [0.5, 0.6) is 0 Å². The Morgan fingerprint density at radius 3 is 2.50 bits per heavy atom. The second-order valence-corrected chi connectivity index (χ2v) is 3.86. The molecule has 0 unspecified atom stereocenters. The van der Waals surface area contributed by atoms with E-state index in [-0.39, 0.29) is 24.1 Å². The Bertz CT molecular complexity index is 439. The number of aryl methyl sites for hydroxylation is 2. The summed E-state index contributed by atoms with van der Waals surface area (Å²) in [6.07, 6.45) is 0.169. The van der Waals surface area contributed by atoms with Crippen LogP contribution in [0.3, 0.4) is 0 Å². The number of oxazole rings is 1. The van der Waals surface area contributed by atoms with Crippen molar-refractivity contribution in [1.82, 2.24) is 9.88 Å². The number of ether oxygens (including phenoxy) is 1. The van der Waals surface area contributed by atoms with Gasteiger partial charge in [0.25, 0.3) is 5.91 Å². The van der Waals surface area contributed by atoms with E-state index in [2.05, 4.69) is 9.72 Å². The van der Waals surface area contributed by atoms with Crippen molar-refractivity contribution in [3.05, 3.63) is 17.3 Å². The first-order valence-corrected chi connectivity index (χ1v) is 5.79. The van der Waals surface area contributed by atoms with Gasteiger partial charge >= 0.3 is 5.97 Å². The number of carbonyl (C=O) groups excluding carboxylic acids is 2. The molecule has 0 saturated carbocycles. The summed E-state index contributed by atoms with van der Waals surface area (Å²) in [6, 6.07) is 0. The smallest absolute Gasteiger partial charge is 0.307 e. The number of hydrogen-bond acceptors (Lipinski definition) is 5. The topological polar surface area (TPSA) is 72.6 Å².